The zero-order valence-corrected chi connectivity index (χ0v) is 18.9. The van der Waals surface area contributed by atoms with Gasteiger partial charge in [0.05, 0.1) is 19.4 Å². The largest absolute Gasteiger partial charge is 0.497 e. The van der Waals surface area contributed by atoms with Gasteiger partial charge in [-0.15, -0.1) is 11.8 Å². The second-order valence-corrected chi connectivity index (χ2v) is 8.16. The van der Waals surface area contributed by atoms with E-state index in [4.69, 9.17) is 14.6 Å². The molecule has 0 aliphatic heterocycles. The molecule has 2 aromatic carbocycles. The van der Waals surface area contributed by atoms with Crippen LogP contribution in [-0.2, 0) is 17.0 Å². The number of benzene rings is 2. The number of pyridine rings is 1. The van der Waals surface area contributed by atoms with Gasteiger partial charge in [-0.3, -0.25) is 0 Å². The highest BCUT2D eigenvalue weighted by molar-refractivity contribution is 7.98. The zero-order chi connectivity index (χ0) is 22.6. The highest BCUT2D eigenvalue weighted by atomic mass is 32.2. The third-order valence-corrected chi connectivity index (χ3v) is 5.78. The van der Waals surface area contributed by atoms with E-state index in [1.807, 2.05) is 42.5 Å². The normalized spacial score (nSPS) is 10.9. The molecule has 0 radical (unpaired) electrons. The van der Waals surface area contributed by atoms with Gasteiger partial charge in [-0.05, 0) is 67.3 Å². The van der Waals surface area contributed by atoms with E-state index in [0.717, 1.165) is 41.7 Å². The molecular weight excluding hydrogens is 422 g/mol. The molecule has 6 heteroatoms. The Morgan fingerprint density at radius 1 is 1.03 bits per heavy atom. The SMILES string of the molecule is COc1ccc(CCCCOc2ccc(CSc3ccccc3)nc2C=CC(=O)O)cc1. The van der Waals surface area contributed by atoms with Gasteiger partial charge < -0.3 is 14.6 Å². The number of aliphatic carboxylic acids is 1. The molecule has 3 aromatic rings. The van der Waals surface area contributed by atoms with E-state index in [0.29, 0.717) is 23.8 Å². The molecule has 0 spiro atoms. The van der Waals surface area contributed by atoms with E-state index in [1.165, 1.54) is 11.6 Å². The molecule has 1 N–H and O–H groups in total. The number of carboxylic acid groups (broad SMARTS) is 1. The fourth-order valence-electron chi connectivity index (χ4n) is 3.06. The molecule has 1 aromatic heterocycles. The second-order valence-electron chi connectivity index (χ2n) is 7.11. The lowest BCUT2D eigenvalue weighted by atomic mass is 10.1. The van der Waals surface area contributed by atoms with Crippen LogP contribution in [0.3, 0.4) is 0 Å². The molecule has 0 bridgehead atoms. The van der Waals surface area contributed by atoms with Crippen LogP contribution in [0.2, 0.25) is 0 Å². The fourth-order valence-corrected chi connectivity index (χ4v) is 3.88. The molecule has 166 valence electrons. The Bertz CT molecular complexity index is 1020. The zero-order valence-electron chi connectivity index (χ0n) is 18.1. The van der Waals surface area contributed by atoms with E-state index >= 15 is 0 Å². The minimum absolute atomic E-state index is 0.536. The van der Waals surface area contributed by atoms with Crippen LogP contribution >= 0.6 is 11.8 Å². The summed E-state index contributed by atoms with van der Waals surface area (Å²) in [4.78, 5) is 16.8. The molecule has 3 rings (SSSR count). The van der Waals surface area contributed by atoms with Crippen molar-refractivity contribution >= 4 is 23.8 Å². The number of carbonyl (C=O) groups is 1. The van der Waals surface area contributed by atoms with Crippen LogP contribution in [0, 0.1) is 0 Å². The first-order chi connectivity index (χ1) is 15.6. The Balaban J connectivity index is 1.54. The van der Waals surface area contributed by atoms with Crippen LogP contribution in [0.15, 0.2) is 77.7 Å². The Labute approximate surface area is 193 Å². The third kappa shape index (κ3) is 7.78. The van der Waals surface area contributed by atoms with E-state index in [1.54, 1.807) is 18.9 Å². The number of ether oxygens (including phenoxy) is 2. The van der Waals surface area contributed by atoms with Crippen molar-refractivity contribution in [3.05, 3.63) is 89.8 Å². The number of nitrogens with zero attached hydrogens (tertiary/aromatic N) is 1. The van der Waals surface area contributed by atoms with Gasteiger partial charge in [0, 0.05) is 16.7 Å². The Morgan fingerprint density at radius 2 is 1.81 bits per heavy atom. The highest BCUT2D eigenvalue weighted by Crippen LogP contribution is 2.25. The Kier molecular flexibility index (Phi) is 9.20. The average molecular weight is 450 g/mol. The van der Waals surface area contributed by atoms with Crippen molar-refractivity contribution in [3.8, 4) is 11.5 Å². The van der Waals surface area contributed by atoms with Crippen LogP contribution in [-0.4, -0.2) is 29.8 Å². The quantitative estimate of drug-likeness (QED) is 0.211. The molecule has 0 aliphatic rings. The van der Waals surface area contributed by atoms with Gasteiger partial charge in [-0.1, -0.05) is 30.3 Å². The predicted molar refractivity (Wildman–Crippen MR) is 128 cm³/mol. The van der Waals surface area contributed by atoms with Crippen LogP contribution < -0.4 is 9.47 Å². The molecule has 0 amide bonds. The lowest BCUT2D eigenvalue weighted by Gasteiger charge is -2.11. The van der Waals surface area contributed by atoms with Gasteiger partial charge >= 0.3 is 5.97 Å². The smallest absolute Gasteiger partial charge is 0.328 e. The first-order valence-electron chi connectivity index (χ1n) is 10.5. The molecule has 0 aliphatic carbocycles. The summed E-state index contributed by atoms with van der Waals surface area (Å²) in [5.41, 5.74) is 2.67. The summed E-state index contributed by atoms with van der Waals surface area (Å²) < 4.78 is 11.1. The standard InChI is InChI=1S/C26H27NO4S/c1-30-22-13-10-20(11-14-22)7-5-6-18-31-25-16-12-21(27-24(25)15-17-26(28)29)19-32-23-8-3-2-4-9-23/h2-4,8-17H,5-7,18-19H2,1H3,(H,28,29). The minimum atomic E-state index is -1.01. The second kappa shape index (κ2) is 12.6. The molecule has 0 saturated heterocycles. The summed E-state index contributed by atoms with van der Waals surface area (Å²) in [6, 6.07) is 22.0. The Morgan fingerprint density at radius 3 is 2.53 bits per heavy atom. The molecule has 0 atom stereocenters. The van der Waals surface area contributed by atoms with Gasteiger partial charge in [0.2, 0.25) is 0 Å². The van der Waals surface area contributed by atoms with E-state index in [9.17, 15) is 4.79 Å². The van der Waals surface area contributed by atoms with Gasteiger partial charge in [-0.2, -0.15) is 0 Å². The number of methoxy groups -OCH3 is 1. The summed E-state index contributed by atoms with van der Waals surface area (Å²) >= 11 is 1.69. The molecule has 1 heterocycles. The van der Waals surface area contributed by atoms with E-state index < -0.39 is 5.97 Å². The van der Waals surface area contributed by atoms with Crippen LogP contribution in [0.25, 0.3) is 6.08 Å². The molecular formula is C26H27NO4S. The first-order valence-corrected chi connectivity index (χ1v) is 11.5. The molecule has 0 unspecified atom stereocenters. The average Bonchev–Trinajstić information content (AvgIpc) is 2.83. The first kappa shape index (κ1) is 23.4. The molecule has 5 nitrogen and oxygen atoms in total. The van der Waals surface area contributed by atoms with Crippen LogP contribution in [0.5, 0.6) is 11.5 Å². The predicted octanol–water partition coefficient (Wildman–Crippen LogP) is 5.88. The fraction of sp³-hybridized carbons (Fsp3) is 0.231. The third-order valence-electron chi connectivity index (χ3n) is 4.73. The number of carboxylic acids is 1. The number of thioether (sulfide) groups is 1. The molecule has 0 saturated carbocycles. The van der Waals surface area contributed by atoms with Crippen LogP contribution in [0.4, 0.5) is 0 Å². The summed E-state index contributed by atoms with van der Waals surface area (Å²) in [5.74, 6) is 1.14. The minimum Gasteiger partial charge on any atom is -0.497 e. The van der Waals surface area contributed by atoms with Crippen molar-refractivity contribution < 1.29 is 19.4 Å². The maximum atomic E-state index is 11.0. The molecule has 32 heavy (non-hydrogen) atoms. The maximum Gasteiger partial charge on any atom is 0.328 e. The monoisotopic (exact) mass is 449 g/mol. The van der Waals surface area contributed by atoms with Gasteiger partial charge in [0.1, 0.15) is 17.2 Å². The van der Waals surface area contributed by atoms with Crippen molar-refractivity contribution in [3.63, 3.8) is 0 Å². The lowest BCUT2D eigenvalue weighted by Crippen LogP contribution is -2.02. The number of rotatable bonds is 12. The number of aromatic nitrogens is 1. The number of aryl methyl sites for hydroxylation is 1. The van der Waals surface area contributed by atoms with E-state index in [-0.39, 0.29) is 0 Å². The Hall–Kier alpha value is -3.25. The lowest BCUT2D eigenvalue weighted by molar-refractivity contribution is -0.131. The number of unbranched alkanes of at least 4 members (excludes halogenated alkanes) is 1. The highest BCUT2D eigenvalue weighted by Gasteiger charge is 2.07. The number of hydrogen-bond acceptors (Lipinski definition) is 5. The van der Waals surface area contributed by atoms with Crippen molar-refractivity contribution in [2.75, 3.05) is 13.7 Å². The van der Waals surface area contributed by atoms with Crippen molar-refractivity contribution in [2.45, 2.75) is 29.9 Å². The van der Waals surface area contributed by atoms with E-state index in [2.05, 4.69) is 29.2 Å². The van der Waals surface area contributed by atoms with Crippen LogP contribution in [0.1, 0.15) is 29.8 Å². The summed E-state index contributed by atoms with van der Waals surface area (Å²) in [7, 11) is 1.66. The van der Waals surface area contributed by atoms with Gasteiger partial charge in [-0.25, -0.2) is 9.78 Å². The van der Waals surface area contributed by atoms with Gasteiger partial charge in [0.25, 0.3) is 0 Å². The summed E-state index contributed by atoms with van der Waals surface area (Å²) in [6.07, 6.45) is 5.43. The van der Waals surface area contributed by atoms with Crippen molar-refractivity contribution in [1.82, 2.24) is 4.98 Å². The topological polar surface area (TPSA) is 68.7 Å². The summed E-state index contributed by atoms with van der Waals surface area (Å²) in [6.45, 7) is 0.545. The van der Waals surface area contributed by atoms with Crippen molar-refractivity contribution in [1.29, 1.82) is 0 Å². The van der Waals surface area contributed by atoms with Crippen molar-refractivity contribution in [2.24, 2.45) is 0 Å². The summed E-state index contributed by atoms with van der Waals surface area (Å²) in [5, 5.41) is 9.01. The van der Waals surface area contributed by atoms with Gasteiger partial charge in [0.15, 0.2) is 0 Å². The maximum absolute atomic E-state index is 11.0. The molecule has 0 fully saturated rings. The number of hydrogen-bond donors (Lipinski definition) is 1.